The van der Waals surface area contributed by atoms with E-state index in [0.717, 1.165) is 16.7 Å². The number of aromatic nitrogens is 1. The largest absolute Gasteiger partial charge is 0.439 e. The number of hydrogen-bond acceptors (Lipinski definition) is 1. The van der Waals surface area contributed by atoms with E-state index >= 15 is 0 Å². The van der Waals surface area contributed by atoms with Gasteiger partial charge in [-0.1, -0.05) is 48.5 Å². The number of para-hydroxylation sites is 2. The van der Waals surface area contributed by atoms with Crippen molar-refractivity contribution in [2.75, 3.05) is 0 Å². The van der Waals surface area contributed by atoms with Crippen LogP contribution in [0.15, 0.2) is 72.8 Å². The molecule has 0 amide bonds. The van der Waals surface area contributed by atoms with Crippen LogP contribution in [0.1, 0.15) is 27.7 Å². The molecule has 3 aromatic carbocycles. The maximum atomic E-state index is 8.36. The van der Waals surface area contributed by atoms with Crippen molar-refractivity contribution < 1.29 is 9.76 Å². The van der Waals surface area contributed by atoms with Gasteiger partial charge in [-0.15, -0.1) is 0 Å². The molecular weight excluding hydrogens is 345 g/mol. The maximum absolute atomic E-state index is 8.36. The molecular formula is C24H26BNO2+. The van der Waals surface area contributed by atoms with Gasteiger partial charge >= 0.3 is 7.48 Å². The van der Waals surface area contributed by atoms with Crippen LogP contribution in [0, 0.1) is 0 Å². The zero-order valence-electron chi connectivity index (χ0n) is 16.9. The number of nitrogens with zero attached hydrogens (tertiary/aromatic N) is 1. The predicted molar refractivity (Wildman–Crippen MR) is 119 cm³/mol. The molecule has 0 bridgehead atoms. The summed E-state index contributed by atoms with van der Waals surface area (Å²) in [6.07, 6.45) is 0. The van der Waals surface area contributed by atoms with Gasteiger partial charge in [0.15, 0.2) is 5.60 Å². The predicted octanol–water partition coefficient (Wildman–Crippen LogP) is 4.33. The molecule has 0 unspecified atom stereocenters. The summed E-state index contributed by atoms with van der Waals surface area (Å²) < 4.78 is 8.42. The monoisotopic (exact) mass is 371 g/mol. The van der Waals surface area contributed by atoms with Gasteiger partial charge in [0.05, 0.1) is 11.0 Å². The van der Waals surface area contributed by atoms with Crippen molar-refractivity contribution in [3.05, 3.63) is 72.8 Å². The molecule has 4 aromatic rings. The van der Waals surface area contributed by atoms with Crippen molar-refractivity contribution in [3.63, 3.8) is 0 Å². The van der Waals surface area contributed by atoms with Crippen molar-refractivity contribution in [1.29, 1.82) is 0 Å². The minimum Gasteiger partial charge on any atom is -0.439 e. The molecule has 141 valence electrons. The molecule has 1 heterocycles. The van der Waals surface area contributed by atoms with E-state index < -0.39 is 11.2 Å². The fourth-order valence-corrected chi connectivity index (χ4v) is 3.36. The molecule has 0 saturated heterocycles. The van der Waals surface area contributed by atoms with Crippen molar-refractivity contribution in [2.24, 2.45) is 0 Å². The average Bonchev–Trinajstić information content (AvgIpc) is 3.01. The Hall–Kier alpha value is -2.56. The Kier molecular flexibility index (Phi) is 4.57. The summed E-state index contributed by atoms with van der Waals surface area (Å²) >= 11 is 0. The Bertz CT molecular complexity index is 1120. The fraction of sp³-hybridized carbons (Fsp3) is 0.250. The van der Waals surface area contributed by atoms with Crippen LogP contribution in [0.5, 0.6) is 0 Å². The van der Waals surface area contributed by atoms with Gasteiger partial charge in [0.25, 0.3) is 0 Å². The highest BCUT2D eigenvalue weighted by Crippen LogP contribution is 2.31. The Morgan fingerprint density at radius 2 is 1.43 bits per heavy atom. The first kappa shape index (κ1) is 18.8. The Balaban J connectivity index is 1.89. The SMILES string of the molecule is CC(C)([OH2+])C(C)(C)O[B]c1cccc2c1c1ccccc1n2-c1ccccc1. The fourth-order valence-electron chi connectivity index (χ4n) is 3.36. The van der Waals surface area contributed by atoms with Crippen LogP contribution < -0.4 is 5.46 Å². The molecule has 0 atom stereocenters. The first-order valence-electron chi connectivity index (χ1n) is 9.63. The lowest BCUT2D eigenvalue weighted by Gasteiger charge is -2.33. The lowest BCUT2D eigenvalue weighted by molar-refractivity contribution is -0.0893. The van der Waals surface area contributed by atoms with Crippen LogP contribution in [0.2, 0.25) is 0 Å². The maximum Gasteiger partial charge on any atom is 0.331 e. The van der Waals surface area contributed by atoms with Crippen molar-refractivity contribution in [3.8, 4) is 5.69 Å². The molecule has 0 aliphatic rings. The molecule has 0 saturated carbocycles. The molecule has 0 aliphatic heterocycles. The first-order valence-corrected chi connectivity index (χ1v) is 9.63. The zero-order chi connectivity index (χ0) is 19.9. The number of hydrogen-bond donors (Lipinski definition) is 0. The smallest absolute Gasteiger partial charge is 0.331 e. The Labute approximate surface area is 166 Å². The number of fused-ring (bicyclic) bond motifs is 3. The second-order valence-corrected chi connectivity index (χ2v) is 8.30. The number of benzene rings is 3. The molecule has 2 N–H and O–H groups in total. The van der Waals surface area contributed by atoms with Crippen LogP contribution in [0.25, 0.3) is 27.5 Å². The molecule has 28 heavy (non-hydrogen) atoms. The van der Waals surface area contributed by atoms with E-state index in [-0.39, 0.29) is 0 Å². The van der Waals surface area contributed by atoms with Crippen molar-refractivity contribution >= 4 is 34.8 Å². The lowest BCUT2D eigenvalue weighted by Crippen LogP contribution is -2.49. The highest BCUT2D eigenvalue weighted by molar-refractivity contribution is 6.53. The van der Waals surface area contributed by atoms with Gasteiger partial charge in [0, 0.05) is 30.3 Å². The van der Waals surface area contributed by atoms with Crippen LogP contribution >= 0.6 is 0 Å². The second-order valence-electron chi connectivity index (χ2n) is 8.30. The van der Waals surface area contributed by atoms with E-state index in [1.54, 1.807) is 0 Å². The van der Waals surface area contributed by atoms with Crippen LogP contribution in [-0.4, -0.2) is 28.4 Å². The minimum atomic E-state index is -0.713. The molecule has 1 radical (unpaired) electrons. The average molecular weight is 371 g/mol. The van der Waals surface area contributed by atoms with Crippen LogP contribution in [0.4, 0.5) is 0 Å². The van der Waals surface area contributed by atoms with Crippen LogP contribution in [0.3, 0.4) is 0 Å². The summed E-state index contributed by atoms with van der Waals surface area (Å²) in [6.45, 7) is 7.68. The standard InChI is InChI=1S/C24H25BNO2/c1-23(2,27)24(3,4)28-25-19-14-10-16-21-22(19)18-13-8-9-15-20(18)26(21)17-11-6-5-7-12-17/h5-16,27H,1-4H3/p+1. The topological polar surface area (TPSA) is 37.1 Å². The highest BCUT2D eigenvalue weighted by atomic mass is 16.5. The molecule has 1 aromatic heterocycles. The molecule has 0 aliphatic carbocycles. The normalized spacial score (nSPS) is 12.6. The van der Waals surface area contributed by atoms with Gasteiger partial charge in [-0.3, -0.25) is 0 Å². The summed E-state index contributed by atoms with van der Waals surface area (Å²) in [5, 5.41) is 10.7. The lowest BCUT2D eigenvalue weighted by atomic mass is 9.80. The molecule has 4 heteroatoms. The van der Waals surface area contributed by atoms with Crippen molar-refractivity contribution in [2.45, 2.75) is 38.9 Å². The number of rotatable bonds is 5. The van der Waals surface area contributed by atoms with E-state index in [4.69, 9.17) is 9.76 Å². The van der Waals surface area contributed by atoms with E-state index in [0.29, 0.717) is 0 Å². The quantitative estimate of drug-likeness (QED) is 0.380. The third-order valence-corrected chi connectivity index (χ3v) is 5.73. The summed E-state index contributed by atoms with van der Waals surface area (Å²) in [7, 11) is 1.82. The van der Waals surface area contributed by atoms with E-state index in [1.165, 1.54) is 16.3 Å². The van der Waals surface area contributed by atoms with E-state index in [9.17, 15) is 0 Å². The third kappa shape index (κ3) is 3.13. The summed E-state index contributed by atoms with van der Waals surface area (Å²) in [5.41, 5.74) is 3.17. The van der Waals surface area contributed by atoms with Gasteiger partial charge in [-0.25, -0.2) is 0 Å². The van der Waals surface area contributed by atoms with Crippen LogP contribution in [-0.2, 0) is 4.65 Å². The first-order chi connectivity index (χ1) is 13.3. The van der Waals surface area contributed by atoms with Gasteiger partial charge in [0.1, 0.15) is 5.60 Å². The Morgan fingerprint density at radius 1 is 0.786 bits per heavy atom. The second kappa shape index (κ2) is 6.80. The summed E-state index contributed by atoms with van der Waals surface area (Å²) in [6, 6.07) is 25.2. The minimum absolute atomic E-state index is 0.604. The summed E-state index contributed by atoms with van der Waals surface area (Å²) in [4.78, 5) is 0. The highest BCUT2D eigenvalue weighted by Gasteiger charge is 2.40. The molecule has 0 spiro atoms. The van der Waals surface area contributed by atoms with Gasteiger partial charge in [0.2, 0.25) is 0 Å². The van der Waals surface area contributed by atoms with Gasteiger partial charge in [-0.05, 0) is 43.6 Å². The molecule has 0 fully saturated rings. The van der Waals surface area contributed by atoms with Crippen molar-refractivity contribution in [1.82, 2.24) is 4.57 Å². The van der Waals surface area contributed by atoms with E-state index in [1.807, 2.05) is 41.2 Å². The van der Waals surface area contributed by atoms with E-state index in [2.05, 4.69) is 71.3 Å². The van der Waals surface area contributed by atoms with Gasteiger partial charge in [-0.2, -0.15) is 0 Å². The zero-order valence-corrected chi connectivity index (χ0v) is 16.9. The Morgan fingerprint density at radius 3 is 2.14 bits per heavy atom. The third-order valence-electron chi connectivity index (χ3n) is 5.73. The summed E-state index contributed by atoms with van der Waals surface area (Å²) in [5.74, 6) is 0. The van der Waals surface area contributed by atoms with Gasteiger partial charge < -0.3 is 14.3 Å². The molecule has 3 nitrogen and oxygen atoms in total. The molecule has 4 rings (SSSR count).